The van der Waals surface area contributed by atoms with Gasteiger partial charge in [0.1, 0.15) is 0 Å². The van der Waals surface area contributed by atoms with Crippen molar-refractivity contribution in [1.82, 2.24) is 5.32 Å². The van der Waals surface area contributed by atoms with Crippen molar-refractivity contribution in [2.24, 2.45) is 5.92 Å². The van der Waals surface area contributed by atoms with Gasteiger partial charge >= 0.3 is 5.97 Å². The van der Waals surface area contributed by atoms with E-state index in [0.29, 0.717) is 19.3 Å². The van der Waals surface area contributed by atoms with E-state index in [2.05, 4.69) is 5.32 Å². The maximum absolute atomic E-state index is 12.4. The number of carboxylic acids is 1. The second-order valence-corrected chi connectivity index (χ2v) is 5.55. The molecule has 2 aromatic rings. The van der Waals surface area contributed by atoms with Crippen LogP contribution in [0.15, 0.2) is 47.1 Å². The van der Waals surface area contributed by atoms with Crippen molar-refractivity contribution in [2.45, 2.75) is 25.3 Å². The summed E-state index contributed by atoms with van der Waals surface area (Å²) in [4.78, 5) is 23.3. The zero-order chi connectivity index (χ0) is 15.5. The quantitative estimate of drug-likeness (QED) is 0.909. The van der Waals surface area contributed by atoms with E-state index in [1.807, 2.05) is 30.3 Å². The van der Waals surface area contributed by atoms with Gasteiger partial charge in [-0.25, -0.2) is 0 Å². The molecule has 0 aliphatic heterocycles. The van der Waals surface area contributed by atoms with Crippen LogP contribution in [0.1, 0.15) is 29.8 Å². The summed E-state index contributed by atoms with van der Waals surface area (Å²) < 4.78 is 5.34. The molecule has 1 amide bonds. The summed E-state index contributed by atoms with van der Waals surface area (Å²) in [6, 6.07) is 11.2. The molecule has 1 heterocycles. The normalized spacial score (nSPS) is 20.7. The number of hydrogen-bond donors (Lipinski definition) is 2. The minimum absolute atomic E-state index is 0.109. The fourth-order valence-corrected chi connectivity index (χ4v) is 2.92. The van der Waals surface area contributed by atoms with Crippen molar-refractivity contribution in [3.63, 3.8) is 0 Å². The van der Waals surface area contributed by atoms with Gasteiger partial charge in [0.15, 0.2) is 5.76 Å². The summed E-state index contributed by atoms with van der Waals surface area (Å²) in [6.45, 7) is 0. The molecular formula is C17H17NO4. The van der Waals surface area contributed by atoms with Crippen LogP contribution >= 0.6 is 0 Å². The first kappa shape index (κ1) is 14.4. The molecule has 1 aromatic carbocycles. The van der Waals surface area contributed by atoms with Crippen molar-refractivity contribution in [1.29, 1.82) is 0 Å². The highest BCUT2D eigenvalue weighted by molar-refractivity contribution is 5.98. The van der Waals surface area contributed by atoms with Crippen LogP contribution in [0.4, 0.5) is 0 Å². The fraction of sp³-hybridized carbons (Fsp3) is 0.294. The molecule has 0 saturated heterocycles. The molecule has 1 aliphatic rings. The Hall–Kier alpha value is -2.56. The first-order chi connectivity index (χ1) is 10.6. The molecule has 1 aromatic heterocycles. The first-order valence-corrected chi connectivity index (χ1v) is 7.31. The number of aliphatic carboxylic acids is 1. The van der Waals surface area contributed by atoms with Crippen LogP contribution in [-0.4, -0.2) is 23.0 Å². The van der Waals surface area contributed by atoms with Crippen LogP contribution in [0, 0.1) is 5.92 Å². The zero-order valence-corrected chi connectivity index (χ0v) is 12.0. The maximum Gasteiger partial charge on any atom is 0.306 e. The monoisotopic (exact) mass is 299 g/mol. The number of amides is 1. The zero-order valence-electron chi connectivity index (χ0n) is 12.0. The smallest absolute Gasteiger partial charge is 0.306 e. The van der Waals surface area contributed by atoms with Crippen LogP contribution in [-0.2, 0) is 4.79 Å². The number of rotatable bonds is 4. The Labute approximate surface area is 127 Å². The minimum atomic E-state index is -0.792. The first-order valence-electron chi connectivity index (χ1n) is 7.31. The van der Waals surface area contributed by atoms with E-state index < -0.39 is 5.97 Å². The van der Waals surface area contributed by atoms with Crippen molar-refractivity contribution in [3.05, 3.63) is 48.4 Å². The topological polar surface area (TPSA) is 79.5 Å². The third-order valence-corrected chi connectivity index (χ3v) is 4.07. The van der Waals surface area contributed by atoms with E-state index in [9.17, 15) is 9.59 Å². The van der Waals surface area contributed by atoms with Gasteiger partial charge in [0, 0.05) is 11.6 Å². The Morgan fingerprint density at radius 2 is 1.91 bits per heavy atom. The molecule has 0 spiro atoms. The molecule has 2 N–H and O–H groups in total. The van der Waals surface area contributed by atoms with Crippen LogP contribution < -0.4 is 5.32 Å². The second-order valence-electron chi connectivity index (χ2n) is 5.55. The Kier molecular flexibility index (Phi) is 3.96. The molecule has 3 rings (SSSR count). The molecule has 1 fully saturated rings. The van der Waals surface area contributed by atoms with E-state index in [4.69, 9.17) is 9.52 Å². The van der Waals surface area contributed by atoms with Gasteiger partial charge in [0.05, 0.1) is 12.2 Å². The van der Waals surface area contributed by atoms with Crippen molar-refractivity contribution < 1.29 is 19.1 Å². The fourth-order valence-electron chi connectivity index (χ4n) is 2.92. The molecule has 0 unspecified atom stereocenters. The molecule has 1 aliphatic carbocycles. The number of carboxylic acid groups (broad SMARTS) is 1. The van der Waals surface area contributed by atoms with Crippen LogP contribution in [0.25, 0.3) is 11.1 Å². The lowest BCUT2D eigenvalue weighted by molar-refractivity contribution is -0.141. The largest absolute Gasteiger partial charge is 0.481 e. The molecule has 2 atom stereocenters. The van der Waals surface area contributed by atoms with Crippen molar-refractivity contribution in [3.8, 4) is 11.1 Å². The van der Waals surface area contributed by atoms with Gasteiger partial charge < -0.3 is 14.8 Å². The van der Waals surface area contributed by atoms with E-state index in [0.717, 1.165) is 11.1 Å². The summed E-state index contributed by atoms with van der Waals surface area (Å²) in [6.07, 6.45) is 3.25. The molecule has 0 bridgehead atoms. The second kappa shape index (κ2) is 6.05. The molecule has 5 nitrogen and oxygen atoms in total. The van der Waals surface area contributed by atoms with Gasteiger partial charge in [-0.1, -0.05) is 30.3 Å². The Morgan fingerprint density at radius 1 is 1.14 bits per heavy atom. The third kappa shape index (κ3) is 2.88. The van der Waals surface area contributed by atoms with Crippen molar-refractivity contribution >= 4 is 11.9 Å². The van der Waals surface area contributed by atoms with Crippen molar-refractivity contribution in [2.75, 3.05) is 0 Å². The number of carbonyl (C=O) groups is 2. The Bertz CT molecular complexity index is 677. The maximum atomic E-state index is 12.4. The molecule has 114 valence electrons. The summed E-state index contributed by atoms with van der Waals surface area (Å²) in [5.41, 5.74) is 1.65. The SMILES string of the molecule is O=C(N[C@H]1CC[C@@H](C(=O)O)C1)c1occc1-c1ccccc1. The molecule has 0 radical (unpaired) electrons. The van der Waals surface area contributed by atoms with Crippen LogP contribution in [0.3, 0.4) is 0 Å². The Morgan fingerprint density at radius 3 is 2.59 bits per heavy atom. The molecule has 1 saturated carbocycles. The highest BCUT2D eigenvalue weighted by Crippen LogP contribution is 2.28. The van der Waals surface area contributed by atoms with Gasteiger partial charge in [-0.2, -0.15) is 0 Å². The van der Waals surface area contributed by atoms with Gasteiger partial charge in [-0.05, 0) is 30.9 Å². The van der Waals surface area contributed by atoms with Gasteiger partial charge in [0.2, 0.25) is 0 Å². The number of benzene rings is 1. The molecular weight excluding hydrogens is 282 g/mol. The Balaban J connectivity index is 1.72. The highest BCUT2D eigenvalue weighted by Gasteiger charge is 2.31. The van der Waals surface area contributed by atoms with E-state index in [1.54, 1.807) is 6.07 Å². The van der Waals surface area contributed by atoms with Gasteiger partial charge in [-0.3, -0.25) is 9.59 Å². The number of furan rings is 1. The summed E-state index contributed by atoms with van der Waals surface area (Å²) >= 11 is 0. The highest BCUT2D eigenvalue weighted by atomic mass is 16.4. The van der Waals surface area contributed by atoms with Gasteiger partial charge in [0.25, 0.3) is 5.91 Å². The lowest BCUT2D eigenvalue weighted by Gasteiger charge is -2.12. The van der Waals surface area contributed by atoms with E-state index >= 15 is 0 Å². The predicted octanol–water partition coefficient (Wildman–Crippen LogP) is 2.93. The molecule has 5 heteroatoms. The standard InChI is InChI=1S/C17H17NO4/c19-16(18-13-7-6-12(10-13)17(20)21)15-14(8-9-22-15)11-4-2-1-3-5-11/h1-5,8-9,12-13H,6-7,10H2,(H,18,19)(H,20,21)/t12-,13+/m1/s1. The summed E-state index contributed by atoms with van der Waals surface area (Å²) in [7, 11) is 0. The molecule has 22 heavy (non-hydrogen) atoms. The van der Waals surface area contributed by atoms with Crippen LogP contribution in [0.2, 0.25) is 0 Å². The predicted molar refractivity (Wildman–Crippen MR) is 80.4 cm³/mol. The summed E-state index contributed by atoms with van der Waals surface area (Å²) in [5, 5.41) is 11.9. The number of hydrogen-bond acceptors (Lipinski definition) is 3. The van der Waals surface area contributed by atoms with E-state index in [1.165, 1.54) is 6.26 Å². The lowest BCUT2D eigenvalue weighted by atomic mass is 10.1. The number of nitrogens with one attached hydrogen (secondary N) is 1. The van der Waals surface area contributed by atoms with E-state index in [-0.39, 0.29) is 23.6 Å². The lowest BCUT2D eigenvalue weighted by Crippen LogP contribution is -2.33. The van der Waals surface area contributed by atoms with Gasteiger partial charge in [-0.15, -0.1) is 0 Å². The summed E-state index contributed by atoms with van der Waals surface area (Å²) in [5.74, 6) is -1.18. The van der Waals surface area contributed by atoms with Crippen LogP contribution in [0.5, 0.6) is 0 Å². The number of carbonyl (C=O) groups excluding carboxylic acids is 1. The average molecular weight is 299 g/mol. The third-order valence-electron chi connectivity index (χ3n) is 4.07. The average Bonchev–Trinajstić information content (AvgIpc) is 3.17. The minimum Gasteiger partial charge on any atom is -0.481 e.